The number of carbonyl (C=O) groups excluding carboxylic acids is 1. The molecule has 0 spiro atoms. The van der Waals surface area contributed by atoms with Crippen LogP contribution in [0.4, 0.5) is 0 Å². The summed E-state index contributed by atoms with van der Waals surface area (Å²) in [7, 11) is 0. The van der Waals surface area contributed by atoms with Crippen LogP contribution in [0.1, 0.15) is 53.6 Å². The fraction of sp³-hybridized carbons (Fsp3) is 0.310. The van der Waals surface area contributed by atoms with Crippen molar-refractivity contribution in [3.8, 4) is 11.4 Å². The van der Waals surface area contributed by atoms with Crippen LogP contribution in [0.3, 0.4) is 0 Å². The highest BCUT2D eigenvalue weighted by atomic mass is 16.5. The standard InChI is InChI=1S/C29H33N3O2/c1-7-34-24-14-12-23(13-15-24)32-26-11-9-8-10-25(26)30-27(32)18-31(19(2)3)29(33)28-21(5)16-20(4)17-22(28)6/h8-17,19H,7,18H2,1-6H3. The first-order chi connectivity index (χ1) is 16.3. The van der Waals surface area contributed by atoms with E-state index >= 15 is 0 Å². The van der Waals surface area contributed by atoms with Gasteiger partial charge in [0.25, 0.3) is 5.91 Å². The summed E-state index contributed by atoms with van der Waals surface area (Å²) in [4.78, 5) is 20.7. The monoisotopic (exact) mass is 455 g/mol. The van der Waals surface area contributed by atoms with Crippen molar-refractivity contribution in [2.75, 3.05) is 6.61 Å². The molecule has 1 aromatic heterocycles. The van der Waals surface area contributed by atoms with Crippen molar-refractivity contribution in [2.24, 2.45) is 0 Å². The van der Waals surface area contributed by atoms with E-state index in [1.807, 2.05) is 68.1 Å². The van der Waals surface area contributed by atoms with Crippen molar-refractivity contribution < 1.29 is 9.53 Å². The van der Waals surface area contributed by atoms with Crippen LogP contribution in [-0.4, -0.2) is 33.0 Å². The van der Waals surface area contributed by atoms with Crippen LogP contribution in [0, 0.1) is 20.8 Å². The smallest absolute Gasteiger partial charge is 0.255 e. The maximum atomic E-state index is 13.8. The number of aromatic nitrogens is 2. The maximum Gasteiger partial charge on any atom is 0.255 e. The van der Waals surface area contributed by atoms with Crippen LogP contribution < -0.4 is 4.74 Å². The van der Waals surface area contributed by atoms with Crippen molar-refractivity contribution in [1.82, 2.24) is 14.5 Å². The average Bonchev–Trinajstić information content (AvgIpc) is 3.15. The van der Waals surface area contributed by atoms with Gasteiger partial charge in [-0.15, -0.1) is 0 Å². The van der Waals surface area contributed by atoms with E-state index in [0.29, 0.717) is 13.2 Å². The zero-order valence-electron chi connectivity index (χ0n) is 20.9. The molecule has 0 aliphatic carbocycles. The molecule has 0 unspecified atom stereocenters. The van der Waals surface area contributed by atoms with Gasteiger partial charge in [-0.3, -0.25) is 9.36 Å². The van der Waals surface area contributed by atoms with Crippen LogP contribution in [0.15, 0.2) is 60.7 Å². The second kappa shape index (κ2) is 9.72. The third kappa shape index (κ3) is 4.56. The fourth-order valence-corrected chi connectivity index (χ4v) is 4.63. The summed E-state index contributed by atoms with van der Waals surface area (Å²) in [5.41, 5.74) is 6.88. The largest absolute Gasteiger partial charge is 0.494 e. The number of benzene rings is 3. The molecule has 0 bridgehead atoms. The summed E-state index contributed by atoms with van der Waals surface area (Å²) in [5.74, 6) is 1.70. The lowest BCUT2D eigenvalue weighted by molar-refractivity contribution is 0.0683. The summed E-state index contributed by atoms with van der Waals surface area (Å²) in [6.07, 6.45) is 0. The van der Waals surface area contributed by atoms with E-state index in [1.54, 1.807) is 0 Å². The molecule has 5 nitrogen and oxygen atoms in total. The van der Waals surface area contributed by atoms with Gasteiger partial charge in [0.15, 0.2) is 0 Å². The number of amides is 1. The van der Waals surface area contributed by atoms with Gasteiger partial charge in [-0.25, -0.2) is 4.98 Å². The lowest BCUT2D eigenvalue weighted by Gasteiger charge is -2.28. The highest BCUT2D eigenvalue weighted by Gasteiger charge is 2.25. The molecule has 0 aliphatic heterocycles. The lowest BCUT2D eigenvalue weighted by atomic mass is 9.98. The van der Waals surface area contributed by atoms with Crippen LogP contribution >= 0.6 is 0 Å². The number of hydrogen-bond acceptors (Lipinski definition) is 3. The van der Waals surface area contributed by atoms with Gasteiger partial charge in [-0.05, 0) is 89.1 Å². The predicted molar refractivity (Wildman–Crippen MR) is 138 cm³/mol. The van der Waals surface area contributed by atoms with Crippen LogP contribution in [0.5, 0.6) is 5.75 Å². The molecule has 4 rings (SSSR count). The van der Waals surface area contributed by atoms with Gasteiger partial charge in [0.05, 0.1) is 24.2 Å². The van der Waals surface area contributed by atoms with Crippen molar-refractivity contribution in [1.29, 1.82) is 0 Å². The number of fused-ring (bicyclic) bond motifs is 1. The number of carbonyl (C=O) groups is 1. The molecule has 176 valence electrons. The van der Waals surface area contributed by atoms with Crippen LogP contribution in [-0.2, 0) is 6.54 Å². The molecule has 3 aromatic carbocycles. The molecule has 0 atom stereocenters. The Kier molecular flexibility index (Phi) is 6.73. The van der Waals surface area contributed by atoms with Crippen molar-refractivity contribution in [3.63, 3.8) is 0 Å². The number of imidazole rings is 1. The Bertz CT molecular complexity index is 1300. The maximum absolute atomic E-state index is 13.8. The van der Waals surface area contributed by atoms with E-state index in [9.17, 15) is 4.79 Å². The number of ether oxygens (including phenoxy) is 1. The Morgan fingerprint density at radius 2 is 1.65 bits per heavy atom. The third-order valence-electron chi connectivity index (χ3n) is 6.12. The highest BCUT2D eigenvalue weighted by molar-refractivity contribution is 5.97. The Hall–Kier alpha value is -3.60. The first-order valence-corrected chi connectivity index (χ1v) is 11.9. The number of para-hydroxylation sites is 2. The minimum Gasteiger partial charge on any atom is -0.494 e. The van der Waals surface area contributed by atoms with Gasteiger partial charge >= 0.3 is 0 Å². The van der Waals surface area contributed by atoms with Crippen molar-refractivity contribution in [3.05, 3.63) is 88.7 Å². The first kappa shape index (κ1) is 23.6. The van der Waals surface area contributed by atoms with Gasteiger partial charge in [-0.2, -0.15) is 0 Å². The topological polar surface area (TPSA) is 47.4 Å². The summed E-state index contributed by atoms with van der Waals surface area (Å²) in [5, 5.41) is 0. The zero-order valence-corrected chi connectivity index (χ0v) is 20.9. The van der Waals surface area contributed by atoms with Crippen molar-refractivity contribution >= 4 is 16.9 Å². The van der Waals surface area contributed by atoms with Gasteiger partial charge in [0, 0.05) is 17.3 Å². The van der Waals surface area contributed by atoms with Crippen LogP contribution in [0.25, 0.3) is 16.7 Å². The lowest BCUT2D eigenvalue weighted by Crippen LogP contribution is -2.38. The predicted octanol–water partition coefficient (Wildman–Crippen LogP) is 6.40. The van der Waals surface area contributed by atoms with E-state index in [1.165, 1.54) is 5.56 Å². The summed E-state index contributed by atoms with van der Waals surface area (Å²) < 4.78 is 7.77. The Morgan fingerprint density at radius 1 is 1.00 bits per heavy atom. The minimum atomic E-state index is 0.0150. The molecule has 4 aromatic rings. The summed E-state index contributed by atoms with van der Waals surface area (Å²) in [6, 6.07) is 20.3. The first-order valence-electron chi connectivity index (χ1n) is 11.9. The van der Waals surface area contributed by atoms with E-state index in [4.69, 9.17) is 9.72 Å². The number of aryl methyl sites for hydroxylation is 3. The minimum absolute atomic E-state index is 0.0150. The molecule has 5 heteroatoms. The highest BCUT2D eigenvalue weighted by Crippen LogP contribution is 2.26. The van der Waals surface area contributed by atoms with Gasteiger partial charge in [0.1, 0.15) is 11.6 Å². The molecule has 1 heterocycles. The van der Waals surface area contributed by atoms with Gasteiger partial charge < -0.3 is 9.64 Å². The molecular formula is C29H33N3O2. The molecule has 0 radical (unpaired) electrons. The molecule has 0 saturated carbocycles. The van der Waals surface area contributed by atoms with Crippen LogP contribution in [0.2, 0.25) is 0 Å². The molecule has 1 amide bonds. The molecular weight excluding hydrogens is 422 g/mol. The van der Waals surface area contributed by atoms with E-state index in [2.05, 4.69) is 43.5 Å². The molecule has 0 fully saturated rings. The Labute approximate surface area is 202 Å². The summed E-state index contributed by atoms with van der Waals surface area (Å²) in [6.45, 7) is 13.2. The molecule has 0 N–H and O–H groups in total. The van der Waals surface area contributed by atoms with Gasteiger partial charge in [-0.1, -0.05) is 29.8 Å². The Balaban J connectivity index is 1.78. The summed E-state index contributed by atoms with van der Waals surface area (Å²) >= 11 is 0. The number of nitrogens with zero attached hydrogens (tertiary/aromatic N) is 3. The quantitative estimate of drug-likeness (QED) is 0.324. The molecule has 0 aliphatic rings. The fourth-order valence-electron chi connectivity index (χ4n) is 4.63. The normalized spacial score (nSPS) is 11.3. The van der Waals surface area contributed by atoms with E-state index in [-0.39, 0.29) is 11.9 Å². The number of hydrogen-bond donors (Lipinski definition) is 0. The third-order valence-corrected chi connectivity index (χ3v) is 6.12. The van der Waals surface area contributed by atoms with E-state index < -0.39 is 0 Å². The van der Waals surface area contributed by atoms with Crippen molar-refractivity contribution in [2.45, 2.75) is 54.1 Å². The Morgan fingerprint density at radius 3 is 2.26 bits per heavy atom. The second-order valence-corrected chi connectivity index (χ2v) is 9.08. The molecule has 34 heavy (non-hydrogen) atoms. The molecule has 0 saturated heterocycles. The van der Waals surface area contributed by atoms with E-state index in [0.717, 1.165) is 45.0 Å². The zero-order chi connectivity index (χ0) is 24.4. The van der Waals surface area contributed by atoms with Gasteiger partial charge in [0.2, 0.25) is 0 Å². The average molecular weight is 456 g/mol. The SMILES string of the molecule is CCOc1ccc(-n2c(CN(C(=O)c3c(C)cc(C)cc3C)C(C)C)nc3ccccc32)cc1. The number of rotatable bonds is 7. The second-order valence-electron chi connectivity index (χ2n) is 9.08.